The van der Waals surface area contributed by atoms with Gasteiger partial charge in [0.2, 0.25) is 0 Å². The van der Waals surface area contributed by atoms with Gasteiger partial charge in [0.15, 0.2) is 0 Å². The molecule has 0 saturated heterocycles. The minimum absolute atomic E-state index is 0.501. The summed E-state index contributed by atoms with van der Waals surface area (Å²) in [5, 5.41) is 1.74. The molecule has 0 bridgehead atoms. The van der Waals surface area contributed by atoms with E-state index in [1.54, 1.807) is 11.2 Å². The Bertz CT molecular complexity index is 149. The predicted octanol–water partition coefficient (Wildman–Crippen LogP) is 2.20. The van der Waals surface area contributed by atoms with Crippen molar-refractivity contribution in [3.63, 3.8) is 0 Å². The zero-order valence-electron chi connectivity index (χ0n) is 9.74. The van der Waals surface area contributed by atoms with Gasteiger partial charge in [-0.1, -0.05) is 20.8 Å². The molecular weight excluding hydrogens is 174 g/mol. The van der Waals surface area contributed by atoms with Gasteiger partial charge in [0, 0.05) is 18.4 Å². The summed E-state index contributed by atoms with van der Waals surface area (Å²) in [7, 11) is 0. The van der Waals surface area contributed by atoms with Crippen LogP contribution in [0.15, 0.2) is 12.4 Å². The molecule has 3 nitrogen and oxygen atoms in total. The molecule has 1 saturated carbocycles. The molecule has 0 radical (unpaired) electrons. The monoisotopic (exact) mass is 199 g/mol. The number of nitrogens with two attached hydrogens (primary N) is 2. The second-order valence-electron chi connectivity index (χ2n) is 3.70. The van der Waals surface area contributed by atoms with Gasteiger partial charge in [-0.25, -0.2) is 5.84 Å². The highest BCUT2D eigenvalue weighted by Gasteiger charge is 2.20. The molecular formula is C11H25N3. The second kappa shape index (κ2) is 7.68. The van der Waals surface area contributed by atoms with E-state index in [4.69, 9.17) is 11.6 Å². The van der Waals surface area contributed by atoms with Crippen molar-refractivity contribution in [1.29, 1.82) is 0 Å². The number of hydrogen-bond acceptors (Lipinski definition) is 3. The topological polar surface area (TPSA) is 55.3 Å². The zero-order valence-corrected chi connectivity index (χ0v) is 9.74. The number of hydrazine groups is 1. The van der Waals surface area contributed by atoms with Crippen LogP contribution in [-0.2, 0) is 0 Å². The quantitative estimate of drug-likeness (QED) is 0.529. The third-order valence-electron chi connectivity index (χ3n) is 2.67. The fraction of sp³-hybridized carbons (Fsp3) is 0.818. The first-order valence-electron chi connectivity index (χ1n) is 5.65. The summed E-state index contributed by atoms with van der Waals surface area (Å²) in [6.45, 7) is 6.30. The zero-order chi connectivity index (χ0) is 11.0. The molecule has 0 aromatic heterocycles. The normalized spacial score (nSPS) is 26.9. The van der Waals surface area contributed by atoms with Crippen molar-refractivity contribution in [2.24, 2.45) is 17.5 Å². The standard InChI is InChI=1S/C9H19N3.C2H6/c1-8-2-4-9(5-3-8)12(11)7-6-10;1-2/h6-9H,2-5,10-11H2,1H3;1-2H3/b7-6-;. The van der Waals surface area contributed by atoms with Crippen molar-refractivity contribution in [1.82, 2.24) is 5.01 Å². The van der Waals surface area contributed by atoms with Crippen LogP contribution < -0.4 is 11.6 Å². The van der Waals surface area contributed by atoms with Crippen molar-refractivity contribution >= 4 is 0 Å². The maximum atomic E-state index is 5.77. The lowest BCUT2D eigenvalue weighted by Crippen LogP contribution is -2.39. The summed E-state index contributed by atoms with van der Waals surface area (Å²) in [6, 6.07) is 0.501. The van der Waals surface area contributed by atoms with E-state index < -0.39 is 0 Å². The average molecular weight is 199 g/mol. The highest BCUT2D eigenvalue weighted by Crippen LogP contribution is 2.25. The van der Waals surface area contributed by atoms with Crippen molar-refractivity contribution in [2.45, 2.75) is 52.5 Å². The molecule has 14 heavy (non-hydrogen) atoms. The first-order valence-corrected chi connectivity index (χ1v) is 5.65. The molecule has 0 atom stereocenters. The van der Waals surface area contributed by atoms with Crippen LogP contribution in [-0.4, -0.2) is 11.1 Å². The Hall–Kier alpha value is -0.700. The molecule has 84 valence electrons. The van der Waals surface area contributed by atoms with Gasteiger partial charge in [-0.2, -0.15) is 0 Å². The van der Waals surface area contributed by atoms with E-state index in [0.717, 1.165) is 5.92 Å². The van der Waals surface area contributed by atoms with Gasteiger partial charge < -0.3 is 10.7 Å². The number of hydrogen-bond donors (Lipinski definition) is 2. The molecule has 1 aliphatic rings. The Morgan fingerprint density at radius 3 is 2.07 bits per heavy atom. The van der Waals surface area contributed by atoms with Crippen LogP contribution in [0.1, 0.15) is 46.5 Å². The molecule has 0 unspecified atom stereocenters. The summed E-state index contributed by atoms with van der Waals surface area (Å²) >= 11 is 0. The Kier molecular flexibility index (Phi) is 7.30. The van der Waals surface area contributed by atoms with Crippen molar-refractivity contribution in [3.05, 3.63) is 12.4 Å². The SMILES string of the molecule is CC.CC1CCC(N(N)/C=C\N)CC1. The molecule has 0 amide bonds. The van der Waals surface area contributed by atoms with Crippen molar-refractivity contribution < 1.29 is 0 Å². The van der Waals surface area contributed by atoms with Crippen LogP contribution in [0.25, 0.3) is 0 Å². The molecule has 1 rings (SSSR count). The molecule has 0 spiro atoms. The lowest BCUT2D eigenvalue weighted by molar-refractivity contribution is 0.195. The van der Waals surface area contributed by atoms with E-state index in [1.807, 2.05) is 13.8 Å². The molecule has 4 N–H and O–H groups in total. The highest BCUT2D eigenvalue weighted by molar-refractivity contribution is 4.83. The van der Waals surface area contributed by atoms with Crippen LogP contribution in [0.2, 0.25) is 0 Å². The van der Waals surface area contributed by atoms with E-state index in [9.17, 15) is 0 Å². The van der Waals surface area contributed by atoms with Gasteiger partial charge in [-0.3, -0.25) is 0 Å². The van der Waals surface area contributed by atoms with Crippen LogP contribution in [0.5, 0.6) is 0 Å². The van der Waals surface area contributed by atoms with Crippen LogP contribution >= 0.6 is 0 Å². The highest BCUT2D eigenvalue weighted by atomic mass is 15.4. The molecule has 3 heteroatoms. The Morgan fingerprint density at radius 2 is 1.64 bits per heavy atom. The molecule has 0 aromatic carbocycles. The smallest absolute Gasteiger partial charge is 0.0446 e. The minimum atomic E-state index is 0.501. The Balaban J connectivity index is 0.000000791. The van der Waals surface area contributed by atoms with Crippen LogP contribution in [0.4, 0.5) is 0 Å². The maximum Gasteiger partial charge on any atom is 0.0446 e. The summed E-state index contributed by atoms with van der Waals surface area (Å²) in [5.41, 5.74) is 5.26. The van der Waals surface area contributed by atoms with Gasteiger partial charge in [0.25, 0.3) is 0 Å². The second-order valence-corrected chi connectivity index (χ2v) is 3.70. The lowest BCUT2D eigenvalue weighted by Gasteiger charge is -2.31. The van der Waals surface area contributed by atoms with Gasteiger partial charge in [-0.15, -0.1) is 0 Å². The third kappa shape index (κ3) is 4.51. The van der Waals surface area contributed by atoms with Gasteiger partial charge >= 0.3 is 0 Å². The van der Waals surface area contributed by atoms with Crippen molar-refractivity contribution in [3.8, 4) is 0 Å². The summed E-state index contributed by atoms with van der Waals surface area (Å²) in [6.07, 6.45) is 8.22. The fourth-order valence-corrected chi connectivity index (χ4v) is 1.76. The third-order valence-corrected chi connectivity index (χ3v) is 2.67. The van der Waals surface area contributed by atoms with Gasteiger partial charge in [-0.05, 0) is 31.6 Å². The van der Waals surface area contributed by atoms with Gasteiger partial charge in [0.05, 0.1) is 0 Å². The Morgan fingerprint density at radius 1 is 1.14 bits per heavy atom. The van der Waals surface area contributed by atoms with E-state index in [1.165, 1.54) is 31.9 Å². The molecule has 0 heterocycles. The Labute approximate surface area is 88.1 Å². The average Bonchev–Trinajstić information content (AvgIpc) is 2.22. The van der Waals surface area contributed by atoms with Crippen LogP contribution in [0.3, 0.4) is 0 Å². The summed E-state index contributed by atoms with van der Waals surface area (Å²) in [4.78, 5) is 0. The van der Waals surface area contributed by atoms with Crippen molar-refractivity contribution in [2.75, 3.05) is 0 Å². The van der Waals surface area contributed by atoms with E-state index >= 15 is 0 Å². The first-order chi connectivity index (χ1) is 6.74. The fourth-order valence-electron chi connectivity index (χ4n) is 1.76. The minimum Gasteiger partial charge on any atom is -0.403 e. The molecule has 1 fully saturated rings. The van der Waals surface area contributed by atoms with E-state index in [2.05, 4.69) is 6.92 Å². The largest absolute Gasteiger partial charge is 0.403 e. The van der Waals surface area contributed by atoms with E-state index in [0.29, 0.717) is 6.04 Å². The predicted molar refractivity (Wildman–Crippen MR) is 62.1 cm³/mol. The molecule has 1 aliphatic carbocycles. The molecule has 0 aliphatic heterocycles. The molecule has 0 aromatic rings. The first kappa shape index (κ1) is 13.3. The maximum absolute atomic E-state index is 5.77. The lowest BCUT2D eigenvalue weighted by atomic mass is 9.87. The number of rotatable bonds is 2. The summed E-state index contributed by atoms with van der Waals surface area (Å²) in [5.74, 6) is 6.64. The van der Waals surface area contributed by atoms with Crippen LogP contribution in [0, 0.1) is 5.92 Å². The van der Waals surface area contributed by atoms with Gasteiger partial charge in [0.1, 0.15) is 0 Å². The number of nitrogens with zero attached hydrogens (tertiary/aromatic N) is 1. The van der Waals surface area contributed by atoms with E-state index in [-0.39, 0.29) is 0 Å². The summed E-state index contributed by atoms with van der Waals surface area (Å²) < 4.78 is 0.